The van der Waals surface area contributed by atoms with E-state index < -0.39 is 0 Å². The van der Waals surface area contributed by atoms with Crippen molar-refractivity contribution in [2.24, 2.45) is 0 Å². The van der Waals surface area contributed by atoms with Crippen LogP contribution < -0.4 is 10.5 Å². The summed E-state index contributed by atoms with van der Waals surface area (Å²) in [5, 5.41) is 0.639. The molecule has 3 heteroatoms. The van der Waals surface area contributed by atoms with Gasteiger partial charge < -0.3 is 10.5 Å². The lowest BCUT2D eigenvalue weighted by Crippen LogP contribution is -2.02. The largest absolute Gasteiger partial charge is 0.488 e. The van der Waals surface area contributed by atoms with Gasteiger partial charge in [-0.25, -0.2) is 0 Å². The first-order valence-electron chi connectivity index (χ1n) is 5.81. The SMILES string of the molecule is Cc1ccc(C)c(OCc2c(N)cccc2Cl)c1. The minimum atomic E-state index is 0.385. The van der Waals surface area contributed by atoms with Crippen molar-refractivity contribution in [1.82, 2.24) is 0 Å². The lowest BCUT2D eigenvalue weighted by molar-refractivity contribution is 0.304. The van der Waals surface area contributed by atoms with Gasteiger partial charge in [0.2, 0.25) is 0 Å². The Hall–Kier alpha value is -1.67. The van der Waals surface area contributed by atoms with Gasteiger partial charge in [-0.2, -0.15) is 0 Å². The Bertz CT molecular complexity index is 546. The van der Waals surface area contributed by atoms with Gasteiger partial charge in [-0.05, 0) is 43.2 Å². The molecule has 18 heavy (non-hydrogen) atoms. The van der Waals surface area contributed by atoms with E-state index in [1.807, 2.05) is 44.2 Å². The van der Waals surface area contributed by atoms with Crippen LogP contribution in [0, 0.1) is 13.8 Å². The van der Waals surface area contributed by atoms with E-state index in [9.17, 15) is 0 Å². The fourth-order valence-electron chi connectivity index (χ4n) is 1.74. The molecule has 0 unspecified atom stereocenters. The second-order valence-corrected chi connectivity index (χ2v) is 4.77. The van der Waals surface area contributed by atoms with Gasteiger partial charge >= 0.3 is 0 Å². The average Bonchev–Trinajstić information content (AvgIpc) is 2.33. The first-order chi connectivity index (χ1) is 8.58. The molecule has 2 N–H and O–H groups in total. The smallest absolute Gasteiger partial charge is 0.122 e. The van der Waals surface area contributed by atoms with Gasteiger partial charge in [0.25, 0.3) is 0 Å². The van der Waals surface area contributed by atoms with Crippen LogP contribution in [0.15, 0.2) is 36.4 Å². The molecule has 2 aromatic rings. The van der Waals surface area contributed by atoms with Gasteiger partial charge in [-0.3, -0.25) is 0 Å². The first-order valence-corrected chi connectivity index (χ1v) is 6.18. The van der Waals surface area contributed by atoms with Crippen molar-refractivity contribution in [3.05, 3.63) is 58.1 Å². The summed E-state index contributed by atoms with van der Waals surface area (Å²) in [6.45, 7) is 4.44. The third-order valence-electron chi connectivity index (χ3n) is 2.87. The van der Waals surface area contributed by atoms with Crippen LogP contribution in [0.1, 0.15) is 16.7 Å². The van der Waals surface area contributed by atoms with E-state index in [4.69, 9.17) is 22.1 Å². The van der Waals surface area contributed by atoms with Crippen molar-refractivity contribution in [1.29, 1.82) is 0 Å². The van der Waals surface area contributed by atoms with Crippen LogP contribution in [-0.2, 0) is 6.61 Å². The number of benzene rings is 2. The molecule has 0 radical (unpaired) electrons. The van der Waals surface area contributed by atoms with Crippen LogP contribution >= 0.6 is 11.6 Å². The van der Waals surface area contributed by atoms with Crippen molar-refractivity contribution in [2.75, 3.05) is 5.73 Å². The maximum Gasteiger partial charge on any atom is 0.122 e. The van der Waals surface area contributed by atoms with E-state index in [2.05, 4.69) is 6.07 Å². The van der Waals surface area contributed by atoms with E-state index in [0.29, 0.717) is 17.3 Å². The highest BCUT2D eigenvalue weighted by atomic mass is 35.5. The van der Waals surface area contributed by atoms with Crippen LogP contribution in [-0.4, -0.2) is 0 Å². The normalized spacial score (nSPS) is 10.4. The number of hydrogen-bond donors (Lipinski definition) is 1. The van der Waals surface area contributed by atoms with E-state index in [1.54, 1.807) is 0 Å². The number of anilines is 1. The average molecular weight is 262 g/mol. The first kappa shape index (κ1) is 12.8. The van der Waals surface area contributed by atoms with Crippen LogP contribution in [0.25, 0.3) is 0 Å². The molecule has 0 aliphatic heterocycles. The molecular weight excluding hydrogens is 246 g/mol. The highest BCUT2D eigenvalue weighted by molar-refractivity contribution is 6.31. The summed E-state index contributed by atoms with van der Waals surface area (Å²) in [5.74, 6) is 0.870. The molecule has 0 bridgehead atoms. The van der Waals surface area contributed by atoms with Gasteiger partial charge in [0, 0.05) is 16.3 Å². The predicted molar refractivity (Wildman–Crippen MR) is 76.1 cm³/mol. The standard InChI is InChI=1S/C15H16ClNO/c1-10-6-7-11(2)15(8-10)18-9-12-13(16)4-3-5-14(12)17/h3-8H,9,17H2,1-2H3. The third-order valence-corrected chi connectivity index (χ3v) is 3.22. The molecule has 0 spiro atoms. The molecule has 0 aliphatic carbocycles. The number of ether oxygens (including phenoxy) is 1. The van der Waals surface area contributed by atoms with E-state index in [1.165, 1.54) is 5.56 Å². The Morgan fingerprint density at radius 3 is 2.67 bits per heavy atom. The molecule has 0 fully saturated rings. The second-order valence-electron chi connectivity index (χ2n) is 4.37. The molecule has 0 aromatic heterocycles. The fourth-order valence-corrected chi connectivity index (χ4v) is 1.98. The number of halogens is 1. The van der Waals surface area contributed by atoms with Crippen molar-refractivity contribution in [3.8, 4) is 5.75 Å². The Morgan fingerprint density at radius 1 is 1.17 bits per heavy atom. The highest BCUT2D eigenvalue weighted by Gasteiger charge is 2.06. The number of aryl methyl sites for hydroxylation is 2. The molecule has 0 amide bonds. The molecule has 0 atom stereocenters. The van der Waals surface area contributed by atoms with Crippen molar-refractivity contribution in [3.63, 3.8) is 0 Å². The molecular formula is C15H16ClNO. The minimum absolute atomic E-state index is 0.385. The monoisotopic (exact) mass is 261 g/mol. The zero-order valence-electron chi connectivity index (χ0n) is 10.5. The summed E-state index contributed by atoms with van der Waals surface area (Å²) in [7, 11) is 0. The summed E-state index contributed by atoms with van der Waals surface area (Å²) < 4.78 is 5.80. The summed E-state index contributed by atoms with van der Waals surface area (Å²) in [6, 6.07) is 11.6. The molecule has 94 valence electrons. The van der Waals surface area contributed by atoms with Gasteiger partial charge in [0.05, 0.1) is 0 Å². The molecule has 0 aliphatic rings. The molecule has 0 heterocycles. The Balaban J connectivity index is 2.19. The van der Waals surface area contributed by atoms with E-state index >= 15 is 0 Å². The Labute approximate surface area is 112 Å². The summed E-state index contributed by atoms with van der Waals surface area (Å²) in [4.78, 5) is 0. The second kappa shape index (κ2) is 5.32. The van der Waals surface area contributed by atoms with Gasteiger partial charge in [0.15, 0.2) is 0 Å². The molecule has 2 nitrogen and oxygen atoms in total. The summed E-state index contributed by atoms with van der Waals surface area (Å²) in [5.41, 5.74) is 9.65. The Kier molecular flexibility index (Phi) is 3.78. The minimum Gasteiger partial charge on any atom is -0.488 e. The van der Waals surface area contributed by atoms with Gasteiger partial charge in [-0.15, -0.1) is 0 Å². The topological polar surface area (TPSA) is 35.2 Å². The maximum absolute atomic E-state index is 6.11. The summed E-state index contributed by atoms with van der Waals surface area (Å²) >= 11 is 6.11. The highest BCUT2D eigenvalue weighted by Crippen LogP contribution is 2.25. The van der Waals surface area contributed by atoms with Crippen LogP contribution in [0.3, 0.4) is 0 Å². The predicted octanol–water partition coefficient (Wildman–Crippen LogP) is 4.12. The van der Waals surface area contributed by atoms with Crippen LogP contribution in [0.4, 0.5) is 5.69 Å². The lowest BCUT2D eigenvalue weighted by Gasteiger charge is -2.12. The zero-order chi connectivity index (χ0) is 13.1. The Morgan fingerprint density at radius 2 is 1.94 bits per heavy atom. The molecule has 0 saturated heterocycles. The zero-order valence-corrected chi connectivity index (χ0v) is 11.3. The van der Waals surface area contributed by atoms with Crippen LogP contribution in [0.2, 0.25) is 5.02 Å². The molecule has 0 saturated carbocycles. The van der Waals surface area contributed by atoms with Gasteiger partial charge in [0.1, 0.15) is 12.4 Å². The maximum atomic E-state index is 6.11. The number of nitrogen functional groups attached to an aromatic ring is 1. The van der Waals surface area contributed by atoms with E-state index in [-0.39, 0.29) is 0 Å². The van der Waals surface area contributed by atoms with Crippen molar-refractivity contribution in [2.45, 2.75) is 20.5 Å². The third kappa shape index (κ3) is 2.77. The number of rotatable bonds is 3. The van der Waals surface area contributed by atoms with Crippen molar-refractivity contribution < 1.29 is 4.74 Å². The number of nitrogens with two attached hydrogens (primary N) is 1. The molecule has 2 rings (SSSR count). The summed E-state index contributed by atoms with van der Waals surface area (Å²) in [6.07, 6.45) is 0. The fraction of sp³-hybridized carbons (Fsp3) is 0.200. The lowest BCUT2D eigenvalue weighted by atomic mass is 10.1. The van der Waals surface area contributed by atoms with Gasteiger partial charge in [-0.1, -0.05) is 29.8 Å². The molecule has 2 aromatic carbocycles. The van der Waals surface area contributed by atoms with Crippen molar-refractivity contribution >= 4 is 17.3 Å². The van der Waals surface area contributed by atoms with Crippen LogP contribution in [0.5, 0.6) is 5.75 Å². The quantitative estimate of drug-likeness (QED) is 0.844. The van der Waals surface area contributed by atoms with E-state index in [0.717, 1.165) is 16.9 Å². The number of hydrogen-bond acceptors (Lipinski definition) is 2.